The van der Waals surface area contributed by atoms with Gasteiger partial charge in [0.25, 0.3) is 5.56 Å². The fraction of sp³-hybridized carbons (Fsp3) is 0.0588. The summed E-state index contributed by atoms with van der Waals surface area (Å²) in [7, 11) is 0. The maximum atomic E-state index is 12.3. The third kappa shape index (κ3) is 1.69. The lowest BCUT2D eigenvalue weighted by Crippen LogP contribution is -2.10. The Balaban J connectivity index is 2.24. The highest BCUT2D eigenvalue weighted by Crippen LogP contribution is 2.34. The number of hydrogen-bond acceptors (Lipinski definition) is 3. The molecular weight excluding hydrogens is 264 g/mol. The van der Waals surface area contributed by atoms with Crippen LogP contribution in [0.2, 0.25) is 0 Å². The zero-order valence-corrected chi connectivity index (χ0v) is 11.4. The molecule has 0 saturated heterocycles. The van der Waals surface area contributed by atoms with E-state index in [0.717, 1.165) is 27.6 Å². The highest BCUT2D eigenvalue weighted by molar-refractivity contribution is 6.07. The number of H-pyrrole nitrogens is 1. The van der Waals surface area contributed by atoms with Crippen LogP contribution in [0, 0.1) is 6.92 Å². The monoisotopic (exact) mass is 276 g/mol. The minimum Gasteiger partial charge on any atom is -0.454 e. The molecule has 21 heavy (non-hydrogen) atoms. The molecule has 0 bridgehead atoms. The van der Waals surface area contributed by atoms with Crippen LogP contribution in [0.3, 0.4) is 0 Å². The van der Waals surface area contributed by atoms with Gasteiger partial charge in [0.15, 0.2) is 5.58 Å². The van der Waals surface area contributed by atoms with Gasteiger partial charge in [-0.15, -0.1) is 0 Å². The Bertz CT molecular complexity index is 1010. The first-order valence-corrected chi connectivity index (χ1v) is 6.70. The van der Waals surface area contributed by atoms with Crippen LogP contribution in [-0.4, -0.2) is 9.97 Å². The third-order valence-electron chi connectivity index (χ3n) is 3.73. The average molecular weight is 276 g/mol. The molecule has 3 heterocycles. The highest BCUT2D eigenvalue weighted by atomic mass is 16.3. The Morgan fingerprint density at radius 3 is 2.81 bits per heavy atom. The average Bonchev–Trinajstić information content (AvgIpc) is 2.87. The summed E-state index contributed by atoms with van der Waals surface area (Å²) >= 11 is 0. The molecular formula is C17H12N2O2. The largest absolute Gasteiger partial charge is 0.454 e. The molecule has 0 unspecified atom stereocenters. The molecule has 0 amide bonds. The van der Waals surface area contributed by atoms with Gasteiger partial charge in [-0.2, -0.15) is 0 Å². The van der Waals surface area contributed by atoms with Crippen molar-refractivity contribution in [3.05, 3.63) is 64.7 Å². The number of nitrogens with one attached hydrogen (secondary N) is 1. The SMILES string of the molecule is Cc1c(-c2cccnc2)c2oc3ccccc3c2[nH]c1=O. The molecule has 0 aliphatic rings. The Morgan fingerprint density at radius 1 is 1.14 bits per heavy atom. The van der Waals surface area contributed by atoms with Crippen molar-refractivity contribution in [2.45, 2.75) is 6.92 Å². The van der Waals surface area contributed by atoms with E-state index in [0.29, 0.717) is 11.1 Å². The number of furan rings is 1. The predicted octanol–water partition coefficient (Wildman–Crippen LogP) is 3.64. The van der Waals surface area contributed by atoms with Crippen molar-refractivity contribution in [3.63, 3.8) is 0 Å². The van der Waals surface area contributed by atoms with E-state index in [2.05, 4.69) is 9.97 Å². The molecule has 1 aromatic carbocycles. The standard InChI is InChI=1S/C17H12N2O2/c1-10-14(11-5-4-8-18-9-11)16-15(19-17(10)20)12-6-2-3-7-13(12)21-16/h2-9H,1H3,(H,19,20). The molecule has 3 aromatic heterocycles. The summed E-state index contributed by atoms with van der Waals surface area (Å²) < 4.78 is 5.98. The lowest BCUT2D eigenvalue weighted by Gasteiger charge is -2.05. The Kier molecular flexibility index (Phi) is 2.44. The van der Waals surface area contributed by atoms with Gasteiger partial charge >= 0.3 is 0 Å². The molecule has 0 aliphatic heterocycles. The maximum Gasteiger partial charge on any atom is 0.252 e. The van der Waals surface area contributed by atoms with E-state index in [4.69, 9.17) is 4.42 Å². The summed E-state index contributed by atoms with van der Waals surface area (Å²) in [6, 6.07) is 11.5. The first-order chi connectivity index (χ1) is 10.3. The number of nitrogens with zero attached hydrogens (tertiary/aromatic N) is 1. The summed E-state index contributed by atoms with van der Waals surface area (Å²) in [5.74, 6) is 0. The molecule has 0 aliphatic carbocycles. The number of benzene rings is 1. The fourth-order valence-corrected chi connectivity index (χ4v) is 2.69. The van der Waals surface area contributed by atoms with Crippen LogP contribution in [0.1, 0.15) is 5.56 Å². The molecule has 0 radical (unpaired) electrons. The normalized spacial score (nSPS) is 11.3. The minimum atomic E-state index is -0.104. The van der Waals surface area contributed by atoms with Crippen molar-refractivity contribution < 1.29 is 4.42 Å². The molecule has 4 rings (SSSR count). The molecule has 0 fully saturated rings. The van der Waals surface area contributed by atoms with Gasteiger partial charge in [-0.25, -0.2) is 0 Å². The van der Waals surface area contributed by atoms with Crippen LogP contribution in [0.4, 0.5) is 0 Å². The van der Waals surface area contributed by atoms with Crippen LogP contribution in [0.25, 0.3) is 33.2 Å². The Hall–Kier alpha value is -2.88. The maximum absolute atomic E-state index is 12.3. The van der Waals surface area contributed by atoms with Gasteiger partial charge in [0.05, 0.1) is 5.52 Å². The molecule has 0 saturated carbocycles. The fourth-order valence-electron chi connectivity index (χ4n) is 2.69. The van der Waals surface area contributed by atoms with E-state index >= 15 is 0 Å². The highest BCUT2D eigenvalue weighted by Gasteiger charge is 2.17. The van der Waals surface area contributed by atoms with Crippen LogP contribution in [-0.2, 0) is 0 Å². The zero-order valence-electron chi connectivity index (χ0n) is 11.4. The number of aromatic amines is 1. The van der Waals surface area contributed by atoms with Gasteiger partial charge < -0.3 is 9.40 Å². The molecule has 0 spiro atoms. The summed E-state index contributed by atoms with van der Waals surface area (Å²) in [6.07, 6.45) is 3.45. The van der Waals surface area contributed by atoms with Gasteiger partial charge in [-0.3, -0.25) is 9.78 Å². The lowest BCUT2D eigenvalue weighted by molar-refractivity contribution is 0.668. The first-order valence-electron chi connectivity index (χ1n) is 6.70. The van der Waals surface area contributed by atoms with Gasteiger partial charge in [-0.1, -0.05) is 18.2 Å². The molecule has 0 atom stereocenters. The molecule has 1 N–H and O–H groups in total. The number of hydrogen-bond donors (Lipinski definition) is 1. The van der Waals surface area contributed by atoms with Crippen LogP contribution in [0.5, 0.6) is 0 Å². The van der Waals surface area contributed by atoms with Crippen molar-refractivity contribution in [1.29, 1.82) is 0 Å². The van der Waals surface area contributed by atoms with Gasteiger partial charge in [0.1, 0.15) is 5.58 Å². The predicted molar refractivity (Wildman–Crippen MR) is 82.3 cm³/mol. The number of fused-ring (bicyclic) bond motifs is 3. The topological polar surface area (TPSA) is 58.9 Å². The van der Waals surface area contributed by atoms with E-state index in [9.17, 15) is 4.79 Å². The van der Waals surface area contributed by atoms with E-state index < -0.39 is 0 Å². The van der Waals surface area contributed by atoms with Crippen LogP contribution >= 0.6 is 0 Å². The molecule has 4 nitrogen and oxygen atoms in total. The molecule has 102 valence electrons. The minimum absolute atomic E-state index is 0.104. The number of rotatable bonds is 1. The van der Waals surface area contributed by atoms with E-state index in [-0.39, 0.29) is 5.56 Å². The van der Waals surface area contributed by atoms with E-state index in [1.807, 2.05) is 36.4 Å². The second-order valence-electron chi connectivity index (χ2n) is 5.00. The summed E-state index contributed by atoms with van der Waals surface area (Å²) in [6.45, 7) is 1.80. The zero-order chi connectivity index (χ0) is 14.4. The van der Waals surface area contributed by atoms with Crippen molar-refractivity contribution in [2.75, 3.05) is 0 Å². The molecule has 4 heteroatoms. The summed E-state index contributed by atoms with van der Waals surface area (Å²) in [5.41, 5.74) is 4.41. The van der Waals surface area contributed by atoms with Crippen LogP contribution in [0.15, 0.2) is 58.0 Å². The van der Waals surface area contributed by atoms with Gasteiger partial charge in [0, 0.05) is 34.5 Å². The summed E-state index contributed by atoms with van der Waals surface area (Å²) in [5, 5.41) is 0.912. The second-order valence-corrected chi connectivity index (χ2v) is 5.00. The Labute approximate surface area is 120 Å². The lowest BCUT2D eigenvalue weighted by atomic mass is 10.0. The van der Waals surface area contributed by atoms with Gasteiger partial charge in [-0.05, 0) is 25.1 Å². The van der Waals surface area contributed by atoms with Crippen molar-refractivity contribution in [1.82, 2.24) is 9.97 Å². The quantitative estimate of drug-likeness (QED) is 0.577. The van der Waals surface area contributed by atoms with Crippen molar-refractivity contribution >= 4 is 22.1 Å². The van der Waals surface area contributed by atoms with Crippen molar-refractivity contribution in [3.8, 4) is 11.1 Å². The van der Waals surface area contributed by atoms with E-state index in [1.54, 1.807) is 19.3 Å². The smallest absolute Gasteiger partial charge is 0.252 e. The Morgan fingerprint density at radius 2 is 2.00 bits per heavy atom. The molecule has 4 aromatic rings. The number of para-hydroxylation sites is 1. The van der Waals surface area contributed by atoms with Crippen LogP contribution < -0.4 is 5.56 Å². The van der Waals surface area contributed by atoms with Gasteiger partial charge in [0.2, 0.25) is 0 Å². The number of aromatic nitrogens is 2. The third-order valence-corrected chi connectivity index (χ3v) is 3.73. The number of pyridine rings is 2. The second kappa shape index (κ2) is 4.31. The first kappa shape index (κ1) is 11.9. The summed E-state index contributed by atoms with van der Waals surface area (Å²) in [4.78, 5) is 19.3. The van der Waals surface area contributed by atoms with Crippen molar-refractivity contribution in [2.24, 2.45) is 0 Å². The van der Waals surface area contributed by atoms with E-state index in [1.165, 1.54) is 0 Å².